The Labute approximate surface area is 123 Å². The molecule has 2 nitrogen and oxygen atoms in total. The van der Waals surface area contributed by atoms with Crippen molar-refractivity contribution in [1.29, 1.82) is 0 Å². The third-order valence-electron chi connectivity index (χ3n) is 2.95. The number of alkyl halides is 1. The van der Waals surface area contributed by atoms with Crippen molar-refractivity contribution < 1.29 is 9.90 Å². The van der Waals surface area contributed by atoms with Crippen molar-refractivity contribution in [1.82, 2.24) is 0 Å². The molecule has 0 aliphatic heterocycles. The number of ketones is 1. The molecule has 0 unspecified atom stereocenters. The summed E-state index contributed by atoms with van der Waals surface area (Å²) in [5.41, 5.74) is 2.22. The largest absolute Gasteiger partial charge is 0.508 e. The Balaban J connectivity index is 2.17. The van der Waals surface area contributed by atoms with Crippen LogP contribution >= 0.6 is 11.6 Å². The number of halogens is 1. The maximum Gasteiger partial charge on any atom is 0.185 e. The number of allylic oxidation sites excluding steroid dienone is 1. The van der Waals surface area contributed by atoms with Gasteiger partial charge in [0.1, 0.15) is 5.75 Å². The van der Waals surface area contributed by atoms with E-state index in [9.17, 15) is 9.90 Å². The third kappa shape index (κ3) is 3.72. The summed E-state index contributed by atoms with van der Waals surface area (Å²) in [5, 5.41) is 9.67. The second-order valence-corrected chi connectivity index (χ2v) is 4.77. The van der Waals surface area contributed by atoms with E-state index in [2.05, 4.69) is 0 Å². The number of aromatic hydroxyl groups is 1. The van der Waals surface area contributed by atoms with Gasteiger partial charge in [0.05, 0.1) is 0 Å². The first kappa shape index (κ1) is 14.4. The van der Waals surface area contributed by atoms with E-state index in [0.29, 0.717) is 23.4 Å². The molecule has 3 heteroatoms. The molecule has 20 heavy (non-hydrogen) atoms. The van der Waals surface area contributed by atoms with Crippen LogP contribution in [-0.2, 0) is 6.42 Å². The molecule has 0 amide bonds. The van der Waals surface area contributed by atoms with E-state index in [4.69, 9.17) is 11.6 Å². The molecule has 0 aliphatic rings. The smallest absolute Gasteiger partial charge is 0.185 e. The summed E-state index contributed by atoms with van der Waals surface area (Å²) >= 11 is 5.67. The molecule has 0 aliphatic carbocycles. The molecule has 1 N–H and O–H groups in total. The average molecular weight is 287 g/mol. The van der Waals surface area contributed by atoms with Gasteiger partial charge in [-0.3, -0.25) is 4.79 Å². The van der Waals surface area contributed by atoms with E-state index in [-0.39, 0.29) is 11.5 Å². The number of carbonyl (C=O) groups excluding carboxylic acids is 1. The Hall–Kier alpha value is -2.06. The molecule has 0 spiro atoms. The number of hydrogen-bond acceptors (Lipinski definition) is 2. The number of hydrogen-bond donors (Lipinski definition) is 1. The van der Waals surface area contributed by atoms with Gasteiger partial charge in [-0.15, -0.1) is 11.6 Å². The van der Waals surface area contributed by atoms with Crippen LogP contribution in [-0.4, -0.2) is 16.8 Å². The van der Waals surface area contributed by atoms with Crippen LogP contribution in [0.1, 0.15) is 21.5 Å². The molecule has 0 bridgehead atoms. The second kappa shape index (κ2) is 6.92. The zero-order valence-corrected chi connectivity index (χ0v) is 11.7. The quantitative estimate of drug-likeness (QED) is 0.511. The minimum absolute atomic E-state index is 0.0929. The zero-order chi connectivity index (χ0) is 14.4. The Morgan fingerprint density at radius 3 is 2.60 bits per heavy atom. The summed E-state index contributed by atoms with van der Waals surface area (Å²) in [5.74, 6) is 0.490. The minimum Gasteiger partial charge on any atom is -0.508 e. The van der Waals surface area contributed by atoms with Gasteiger partial charge in [0.25, 0.3) is 0 Å². The van der Waals surface area contributed by atoms with Crippen LogP contribution in [0.15, 0.2) is 54.6 Å². The predicted octanol–water partition coefficient (Wildman–Crippen LogP) is 4.07. The van der Waals surface area contributed by atoms with Crippen LogP contribution < -0.4 is 0 Å². The van der Waals surface area contributed by atoms with E-state index in [1.165, 1.54) is 12.1 Å². The number of benzene rings is 2. The highest BCUT2D eigenvalue weighted by atomic mass is 35.5. The van der Waals surface area contributed by atoms with Gasteiger partial charge in [0.2, 0.25) is 0 Å². The van der Waals surface area contributed by atoms with E-state index < -0.39 is 0 Å². The van der Waals surface area contributed by atoms with Gasteiger partial charge in [0.15, 0.2) is 5.78 Å². The van der Waals surface area contributed by atoms with Crippen molar-refractivity contribution in [2.24, 2.45) is 0 Å². The van der Waals surface area contributed by atoms with Crippen LogP contribution in [0.2, 0.25) is 0 Å². The summed E-state index contributed by atoms with van der Waals surface area (Å²) in [6.07, 6.45) is 3.85. The van der Waals surface area contributed by atoms with Crippen molar-refractivity contribution in [3.05, 3.63) is 71.3 Å². The van der Waals surface area contributed by atoms with Crippen molar-refractivity contribution in [2.45, 2.75) is 6.42 Å². The highest BCUT2D eigenvalue weighted by molar-refractivity contribution is 6.18. The lowest BCUT2D eigenvalue weighted by atomic mass is 10.0. The lowest BCUT2D eigenvalue weighted by molar-refractivity contribution is 0.104. The normalized spacial score (nSPS) is 10.8. The topological polar surface area (TPSA) is 37.3 Å². The molecule has 0 fully saturated rings. The van der Waals surface area contributed by atoms with Crippen LogP contribution in [0.5, 0.6) is 5.75 Å². The first-order valence-electron chi connectivity index (χ1n) is 6.36. The van der Waals surface area contributed by atoms with Crippen molar-refractivity contribution in [3.63, 3.8) is 0 Å². The molecule has 2 aromatic rings. The fourth-order valence-electron chi connectivity index (χ4n) is 1.87. The van der Waals surface area contributed by atoms with Gasteiger partial charge in [0, 0.05) is 11.4 Å². The van der Waals surface area contributed by atoms with Crippen molar-refractivity contribution in [3.8, 4) is 5.75 Å². The van der Waals surface area contributed by atoms with Gasteiger partial charge >= 0.3 is 0 Å². The molecule has 2 aromatic carbocycles. The number of phenols is 1. The standard InChI is InChI=1S/C17H15ClO2/c18-11-10-15-12-14(7-9-17(15)20)16(19)8-6-13-4-2-1-3-5-13/h1-9,12,20H,10-11H2. The molecule has 2 rings (SSSR count). The van der Waals surface area contributed by atoms with Gasteiger partial charge in [-0.2, -0.15) is 0 Å². The fraction of sp³-hybridized carbons (Fsp3) is 0.118. The van der Waals surface area contributed by atoms with Gasteiger partial charge in [-0.25, -0.2) is 0 Å². The first-order chi connectivity index (χ1) is 9.70. The van der Waals surface area contributed by atoms with E-state index in [1.54, 1.807) is 18.2 Å². The second-order valence-electron chi connectivity index (χ2n) is 4.39. The SMILES string of the molecule is O=C(C=Cc1ccccc1)c1ccc(O)c(CCCl)c1. The molecular weight excluding hydrogens is 272 g/mol. The summed E-state index contributed by atoms with van der Waals surface area (Å²) in [6.45, 7) is 0. The summed E-state index contributed by atoms with van der Waals surface area (Å²) in [7, 11) is 0. The molecule has 0 saturated carbocycles. The first-order valence-corrected chi connectivity index (χ1v) is 6.89. The highest BCUT2D eigenvalue weighted by Gasteiger charge is 2.06. The molecule has 0 aromatic heterocycles. The molecular formula is C17H15ClO2. The molecule has 0 atom stereocenters. The van der Waals surface area contributed by atoms with Crippen molar-refractivity contribution in [2.75, 3.05) is 5.88 Å². The van der Waals surface area contributed by atoms with E-state index in [1.807, 2.05) is 30.3 Å². The van der Waals surface area contributed by atoms with Crippen molar-refractivity contribution >= 4 is 23.5 Å². The summed E-state index contributed by atoms with van der Waals surface area (Å²) in [4.78, 5) is 12.1. The average Bonchev–Trinajstić information content (AvgIpc) is 2.48. The van der Waals surface area contributed by atoms with Crippen LogP contribution in [0.4, 0.5) is 0 Å². The van der Waals surface area contributed by atoms with Crippen LogP contribution in [0, 0.1) is 0 Å². The zero-order valence-electron chi connectivity index (χ0n) is 10.9. The van der Waals surface area contributed by atoms with E-state index in [0.717, 1.165) is 5.56 Å². The number of rotatable bonds is 5. The van der Waals surface area contributed by atoms with Gasteiger partial charge in [-0.05, 0) is 41.8 Å². The third-order valence-corrected chi connectivity index (χ3v) is 3.14. The Bertz CT molecular complexity index is 618. The fourth-order valence-corrected chi connectivity index (χ4v) is 2.08. The van der Waals surface area contributed by atoms with Crippen LogP contribution in [0.3, 0.4) is 0 Å². The lowest BCUT2D eigenvalue weighted by Crippen LogP contribution is -1.97. The Morgan fingerprint density at radius 2 is 1.90 bits per heavy atom. The number of carbonyl (C=O) groups is 1. The number of phenolic OH excluding ortho intramolecular Hbond substituents is 1. The maximum atomic E-state index is 12.1. The Kier molecular flexibility index (Phi) is 4.97. The lowest BCUT2D eigenvalue weighted by Gasteiger charge is -2.04. The molecule has 0 radical (unpaired) electrons. The van der Waals surface area contributed by atoms with Gasteiger partial charge in [-0.1, -0.05) is 36.4 Å². The van der Waals surface area contributed by atoms with E-state index >= 15 is 0 Å². The highest BCUT2D eigenvalue weighted by Crippen LogP contribution is 2.20. The minimum atomic E-state index is -0.0929. The summed E-state index contributed by atoms with van der Waals surface area (Å²) < 4.78 is 0. The molecule has 102 valence electrons. The predicted molar refractivity (Wildman–Crippen MR) is 82.3 cm³/mol. The molecule has 0 heterocycles. The maximum absolute atomic E-state index is 12.1. The van der Waals surface area contributed by atoms with Gasteiger partial charge < -0.3 is 5.11 Å². The number of aryl methyl sites for hydroxylation is 1. The monoisotopic (exact) mass is 286 g/mol. The summed E-state index contributed by atoms with van der Waals surface area (Å²) in [6, 6.07) is 14.5. The Morgan fingerprint density at radius 1 is 1.15 bits per heavy atom. The van der Waals surface area contributed by atoms with Crippen LogP contribution in [0.25, 0.3) is 6.08 Å². The molecule has 0 saturated heterocycles.